The van der Waals surface area contributed by atoms with E-state index < -0.39 is 20.8 Å². The van der Waals surface area contributed by atoms with Gasteiger partial charge in [-0.3, -0.25) is 4.21 Å². The van der Waals surface area contributed by atoms with Gasteiger partial charge in [-0.25, -0.2) is 13.6 Å². The van der Waals surface area contributed by atoms with Gasteiger partial charge in [0.05, 0.1) is 16.3 Å². The highest BCUT2D eigenvalue weighted by molar-refractivity contribution is 7.89. The van der Waals surface area contributed by atoms with Gasteiger partial charge < -0.3 is 11.1 Å². The second kappa shape index (κ2) is 5.68. The topological polar surface area (TPSA) is 115 Å². The fraction of sp³-hybridized carbons (Fsp3) is 0.400. The Balaban J connectivity index is 2.98. The first-order valence-electron chi connectivity index (χ1n) is 5.19. The fourth-order valence-corrected chi connectivity index (χ4v) is 2.82. The van der Waals surface area contributed by atoms with Crippen LogP contribution in [0, 0.1) is 0 Å². The molecule has 5 N–H and O–H groups in total. The van der Waals surface area contributed by atoms with Crippen molar-refractivity contribution in [3.63, 3.8) is 0 Å². The summed E-state index contributed by atoms with van der Waals surface area (Å²) in [4.78, 5) is -0.0102. The standard InChI is InChI=1S/C10H17N3O3S2/c1-7(6-17(2)14)13-10-5-8(18(12,15)16)3-4-9(10)11/h3-5,7,13H,6,11H2,1-2H3,(H2,12,15,16). The quantitative estimate of drug-likeness (QED) is 0.665. The molecule has 2 atom stereocenters. The van der Waals surface area contributed by atoms with Gasteiger partial charge in [0.15, 0.2) is 0 Å². The van der Waals surface area contributed by atoms with Crippen LogP contribution in [0.4, 0.5) is 11.4 Å². The Bertz CT molecular complexity index is 557. The smallest absolute Gasteiger partial charge is 0.238 e. The second-order valence-corrected chi connectivity index (χ2v) is 7.12. The number of sulfonamides is 1. The van der Waals surface area contributed by atoms with E-state index in [1.807, 2.05) is 6.92 Å². The summed E-state index contributed by atoms with van der Waals surface area (Å²) in [5.41, 5.74) is 6.62. The summed E-state index contributed by atoms with van der Waals surface area (Å²) >= 11 is 0. The molecule has 0 fully saturated rings. The van der Waals surface area contributed by atoms with Crippen LogP contribution in [0.25, 0.3) is 0 Å². The van der Waals surface area contributed by atoms with E-state index in [1.165, 1.54) is 18.2 Å². The van der Waals surface area contributed by atoms with E-state index in [2.05, 4.69) is 5.32 Å². The summed E-state index contributed by atoms with van der Waals surface area (Å²) in [7, 11) is -4.70. The molecule has 1 rings (SSSR count). The molecule has 1 aromatic carbocycles. The Morgan fingerprint density at radius 2 is 2.06 bits per heavy atom. The molecule has 0 amide bonds. The Labute approximate surface area is 109 Å². The van der Waals surface area contributed by atoms with Gasteiger partial charge in [0.2, 0.25) is 10.0 Å². The normalized spacial score (nSPS) is 15.1. The van der Waals surface area contributed by atoms with Crippen molar-refractivity contribution in [1.82, 2.24) is 0 Å². The molecule has 0 heterocycles. The third-order valence-electron chi connectivity index (χ3n) is 2.24. The Kier molecular flexibility index (Phi) is 4.71. The van der Waals surface area contributed by atoms with Crippen molar-refractivity contribution in [3.8, 4) is 0 Å². The molecule has 102 valence electrons. The number of nitrogens with two attached hydrogens (primary N) is 2. The van der Waals surface area contributed by atoms with Gasteiger partial charge in [0.25, 0.3) is 0 Å². The molecular weight excluding hydrogens is 274 g/mol. The highest BCUT2D eigenvalue weighted by Gasteiger charge is 2.12. The van der Waals surface area contributed by atoms with Crippen molar-refractivity contribution in [2.75, 3.05) is 23.1 Å². The van der Waals surface area contributed by atoms with Crippen molar-refractivity contribution in [2.24, 2.45) is 5.14 Å². The summed E-state index contributed by atoms with van der Waals surface area (Å²) in [6.45, 7) is 1.84. The second-order valence-electron chi connectivity index (χ2n) is 4.08. The highest BCUT2D eigenvalue weighted by atomic mass is 32.2. The lowest BCUT2D eigenvalue weighted by atomic mass is 10.2. The van der Waals surface area contributed by atoms with E-state index in [4.69, 9.17) is 10.9 Å². The van der Waals surface area contributed by atoms with Crippen LogP contribution in [0.3, 0.4) is 0 Å². The minimum Gasteiger partial charge on any atom is -0.397 e. The largest absolute Gasteiger partial charge is 0.397 e. The van der Waals surface area contributed by atoms with E-state index >= 15 is 0 Å². The number of nitrogens with one attached hydrogen (secondary N) is 1. The van der Waals surface area contributed by atoms with Crippen LogP contribution >= 0.6 is 0 Å². The number of nitrogen functional groups attached to an aromatic ring is 1. The summed E-state index contributed by atoms with van der Waals surface area (Å²) in [6, 6.07) is 4.10. The average molecular weight is 291 g/mol. The van der Waals surface area contributed by atoms with Crippen LogP contribution in [0.1, 0.15) is 6.92 Å². The van der Waals surface area contributed by atoms with E-state index in [0.29, 0.717) is 17.1 Å². The van der Waals surface area contributed by atoms with Gasteiger partial charge >= 0.3 is 0 Å². The third-order valence-corrected chi connectivity index (χ3v) is 4.12. The number of anilines is 2. The summed E-state index contributed by atoms with van der Waals surface area (Å²) in [5.74, 6) is 0.443. The molecule has 6 nitrogen and oxygen atoms in total. The zero-order valence-electron chi connectivity index (χ0n) is 10.2. The van der Waals surface area contributed by atoms with Gasteiger partial charge in [0, 0.05) is 28.9 Å². The lowest BCUT2D eigenvalue weighted by Crippen LogP contribution is -2.23. The van der Waals surface area contributed by atoms with Crippen molar-refractivity contribution >= 4 is 32.2 Å². The SMILES string of the molecule is CC(CS(C)=O)Nc1cc(S(N)(=O)=O)ccc1N. The molecule has 0 spiro atoms. The van der Waals surface area contributed by atoms with E-state index in [1.54, 1.807) is 6.26 Å². The summed E-state index contributed by atoms with van der Waals surface area (Å²) in [6.07, 6.45) is 1.60. The number of rotatable bonds is 5. The average Bonchev–Trinajstić information content (AvgIpc) is 2.18. The zero-order chi connectivity index (χ0) is 13.9. The first-order valence-corrected chi connectivity index (χ1v) is 8.46. The molecular formula is C10H17N3O3S2. The minimum absolute atomic E-state index is 0.0102. The molecule has 8 heteroatoms. The molecule has 0 aliphatic heterocycles. The monoisotopic (exact) mass is 291 g/mol. The highest BCUT2D eigenvalue weighted by Crippen LogP contribution is 2.22. The van der Waals surface area contributed by atoms with Crippen molar-refractivity contribution in [1.29, 1.82) is 0 Å². The maximum atomic E-state index is 11.2. The lowest BCUT2D eigenvalue weighted by Gasteiger charge is -2.16. The van der Waals surface area contributed by atoms with Crippen LogP contribution in [0.2, 0.25) is 0 Å². The summed E-state index contributed by atoms with van der Waals surface area (Å²) in [5, 5.41) is 8.06. The fourth-order valence-electron chi connectivity index (χ4n) is 1.50. The van der Waals surface area contributed by atoms with Crippen LogP contribution in [0.5, 0.6) is 0 Å². The van der Waals surface area contributed by atoms with Crippen LogP contribution in [-0.4, -0.2) is 30.7 Å². The van der Waals surface area contributed by atoms with Crippen LogP contribution in [0.15, 0.2) is 23.1 Å². The number of hydrogen-bond donors (Lipinski definition) is 3. The maximum absolute atomic E-state index is 11.2. The van der Waals surface area contributed by atoms with Gasteiger partial charge in [-0.05, 0) is 25.1 Å². The van der Waals surface area contributed by atoms with Gasteiger partial charge in [-0.2, -0.15) is 0 Å². The Morgan fingerprint density at radius 1 is 1.44 bits per heavy atom. The molecule has 2 unspecified atom stereocenters. The van der Waals surface area contributed by atoms with Crippen molar-refractivity contribution in [2.45, 2.75) is 17.9 Å². The van der Waals surface area contributed by atoms with Crippen molar-refractivity contribution < 1.29 is 12.6 Å². The van der Waals surface area contributed by atoms with Gasteiger partial charge in [-0.1, -0.05) is 0 Å². The predicted molar refractivity (Wildman–Crippen MR) is 74.2 cm³/mol. The molecule has 0 radical (unpaired) electrons. The van der Waals surface area contributed by atoms with Crippen LogP contribution in [-0.2, 0) is 20.8 Å². The molecule has 0 bridgehead atoms. The molecule has 0 aromatic heterocycles. The summed E-state index contributed by atoms with van der Waals surface area (Å²) < 4.78 is 33.5. The van der Waals surface area contributed by atoms with E-state index in [0.717, 1.165) is 0 Å². The lowest BCUT2D eigenvalue weighted by molar-refractivity contribution is 0.598. The van der Waals surface area contributed by atoms with Gasteiger partial charge in [0.1, 0.15) is 0 Å². The predicted octanol–water partition coefficient (Wildman–Crippen LogP) is 0.0951. The minimum atomic E-state index is -3.76. The first-order chi connectivity index (χ1) is 8.20. The molecule has 0 aliphatic carbocycles. The zero-order valence-corrected chi connectivity index (χ0v) is 11.8. The first kappa shape index (κ1) is 14.9. The number of primary sulfonamides is 1. The van der Waals surface area contributed by atoms with Gasteiger partial charge in [-0.15, -0.1) is 0 Å². The molecule has 1 aromatic rings. The Hall–Kier alpha value is -1.12. The maximum Gasteiger partial charge on any atom is 0.238 e. The molecule has 0 saturated heterocycles. The van der Waals surface area contributed by atoms with E-state index in [9.17, 15) is 12.6 Å². The third kappa shape index (κ3) is 4.28. The van der Waals surface area contributed by atoms with Crippen LogP contribution < -0.4 is 16.2 Å². The number of hydrogen-bond acceptors (Lipinski definition) is 5. The molecule has 0 saturated carbocycles. The Morgan fingerprint density at radius 3 is 2.56 bits per heavy atom. The molecule has 0 aliphatic rings. The molecule has 18 heavy (non-hydrogen) atoms. The van der Waals surface area contributed by atoms with E-state index in [-0.39, 0.29) is 10.9 Å². The van der Waals surface area contributed by atoms with Crippen molar-refractivity contribution in [3.05, 3.63) is 18.2 Å². The number of benzene rings is 1.